The van der Waals surface area contributed by atoms with Gasteiger partial charge in [-0.2, -0.15) is 11.8 Å². The van der Waals surface area contributed by atoms with E-state index in [-0.39, 0.29) is 21.1 Å². The number of anilines is 1. The van der Waals surface area contributed by atoms with Crippen molar-refractivity contribution < 1.29 is 12.8 Å². The van der Waals surface area contributed by atoms with E-state index in [4.69, 9.17) is 5.73 Å². The highest BCUT2D eigenvalue weighted by Crippen LogP contribution is 2.32. The smallest absolute Gasteiger partial charge is 0.242 e. The van der Waals surface area contributed by atoms with Gasteiger partial charge < -0.3 is 5.73 Å². The fourth-order valence-electron chi connectivity index (χ4n) is 2.49. The molecule has 1 saturated carbocycles. The van der Waals surface area contributed by atoms with Crippen LogP contribution in [0.4, 0.5) is 10.1 Å². The van der Waals surface area contributed by atoms with Crippen LogP contribution in [0.25, 0.3) is 0 Å². The van der Waals surface area contributed by atoms with E-state index >= 15 is 0 Å². The molecule has 2 atom stereocenters. The Kier molecular flexibility index (Phi) is 5.56. The molecule has 0 bridgehead atoms. The third-order valence-electron chi connectivity index (χ3n) is 3.48. The van der Waals surface area contributed by atoms with E-state index in [1.165, 1.54) is 0 Å². The van der Waals surface area contributed by atoms with Crippen molar-refractivity contribution in [3.05, 3.63) is 22.4 Å². The molecule has 1 aliphatic carbocycles. The Morgan fingerprint density at radius 1 is 1.48 bits per heavy atom. The molecule has 0 amide bonds. The Bertz CT molecular complexity index is 625. The van der Waals surface area contributed by atoms with Crippen LogP contribution in [0.2, 0.25) is 0 Å². The number of halogens is 2. The van der Waals surface area contributed by atoms with E-state index in [1.807, 2.05) is 0 Å². The molecule has 1 aromatic carbocycles. The van der Waals surface area contributed by atoms with Gasteiger partial charge in [-0.15, -0.1) is 0 Å². The van der Waals surface area contributed by atoms with Crippen molar-refractivity contribution in [2.45, 2.75) is 42.4 Å². The highest BCUT2D eigenvalue weighted by molar-refractivity contribution is 9.10. The quantitative estimate of drug-likeness (QED) is 0.749. The first-order valence-electron chi connectivity index (χ1n) is 6.73. The molecular weight excluding hydrogens is 379 g/mol. The molecular formula is C13H18BrFN2O2S2. The Hall–Kier alpha value is -0.310. The van der Waals surface area contributed by atoms with Gasteiger partial charge in [0.05, 0.1) is 10.6 Å². The minimum absolute atomic E-state index is 0.0199. The van der Waals surface area contributed by atoms with Gasteiger partial charge in [-0.05, 0) is 46.7 Å². The third-order valence-corrected chi connectivity index (χ3v) is 7.25. The monoisotopic (exact) mass is 396 g/mol. The van der Waals surface area contributed by atoms with Crippen LogP contribution in [-0.4, -0.2) is 25.5 Å². The fourth-order valence-corrected chi connectivity index (χ4v) is 6.13. The maximum atomic E-state index is 13.3. The Morgan fingerprint density at radius 3 is 2.86 bits per heavy atom. The number of sulfonamides is 1. The normalized spacial score (nSPS) is 22.6. The van der Waals surface area contributed by atoms with Crippen molar-refractivity contribution in [3.8, 4) is 0 Å². The maximum absolute atomic E-state index is 13.3. The summed E-state index contributed by atoms with van der Waals surface area (Å²) < 4.78 is 41.2. The van der Waals surface area contributed by atoms with Gasteiger partial charge in [0.25, 0.3) is 0 Å². The number of nitrogens with one attached hydrogen (secondary N) is 1. The third kappa shape index (κ3) is 3.91. The van der Waals surface area contributed by atoms with Gasteiger partial charge >= 0.3 is 0 Å². The van der Waals surface area contributed by atoms with E-state index in [1.54, 1.807) is 11.8 Å². The van der Waals surface area contributed by atoms with Gasteiger partial charge in [-0.3, -0.25) is 0 Å². The standard InChI is InChI=1S/C13H18BrFN2O2S2/c1-2-20-12-5-3-4-11(12)17-21(18,19)13-7-10(16)9(15)6-8(13)14/h6-7,11-12,17H,2-5,16H2,1H3. The van der Waals surface area contributed by atoms with Crippen molar-refractivity contribution in [1.82, 2.24) is 4.72 Å². The zero-order valence-electron chi connectivity index (χ0n) is 11.6. The van der Waals surface area contributed by atoms with E-state index in [9.17, 15) is 12.8 Å². The second-order valence-corrected chi connectivity index (χ2v) is 9.01. The predicted molar refractivity (Wildman–Crippen MR) is 88.4 cm³/mol. The average Bonchev–Trinajstić information content (AvgIpc) is 2.81. The number of rotatable bonds is 5. The number of benzene rings is 1. The molecule has 0 saturated heterocycles. The van der Waals surface area contributed by atoms with Crippen LogP contribution < -0.4 is 10.5 Å². The van der Waals surface area contributed by atoms with Gasteiger partial charge in [0.1, 0.15) is 5.82 Å². The van der Waals surface area contributed by atoms with Gasteiger partial charge in [0, 0.05) is 15.8 Å². The maximum Gasteiger partial charge on any atom is 0.242 e. The summed E-state index contributed by atoms with van der Waals surface area (Å²) in [5.41, 5.74) is 5.30. The summed E-state index contributed by atoms with van der Waals surface area (Å²) >= 11 is 4.86. The average molecular weight is 397 g/mol. The second kappa shape index (κ2) is 6.85. The lowest BCUT2D eigenvalue weighted by Gasteiger charge is -2.20. The van der Waals surface area contributed by atoms with Crippen LogP contribution in [0.15, 0.2) is 21.5 Å². The Labute approximate surface area is 137 Å². The minimum atomic E-state index is -3.72. The lowest BCUT2D eigenvalue weighted by molar-refractivity contribution is 0.554. The SMILES string of the molecule is CCSC1CCCC1NS(=O)(=O)c1cc(N)c(F)cc1Br. The molecule has 118 valence electrons. The van der Waals surface area contributed by atoms with E-state index in [2.05, 4.69) is 27.6 Å². The molecule has 2 rings (SSSR count). The molecule has 1 aliphatic rings. The number of hydrogen-bond donors (Lipinski definition) is 2. The molecule has 8 heteroatoms. The van der Waals surface area contributed by atoms with Crippen molar-refractivity contribution in [2.75, 3.05) is 11.5 Å². The van der Waals surface area contributed by atoms with Crippen LogP contribution in [0.5, 0.6) is 0 Å². The van der Waals surface area contributed by atoms with Gasteiger partial charge in [-0.1, -0.05) is 13.3 Å². The number of thioether (sulfide) groups is 1. The Balaban J connectivity index is 2.24. The summed E-state index contributed by atoms with van der Waals surface area (Å²) in [6.07, 6.45) is 2.85. The molecule has 21 heavy (non-hydrogen) atoms. The summed E-state index contributed by atoms with van der Waals surface area (Å²) in [4.78, 5) is -0.0199. The predicted octanol–water partition coefficient (Wildman–Crippen LogP) is 3.12. The molecule has 0 aliphatic heterocycles. The van der Waals surface area contributed by atoms with Crippen molar-refractivity contribution in [3.63, 3.8) is 0 Å². The first kappa shape index (κ1) is 17.1. The molecule has 4 nitrogen and oxygen atoms in total. The summed E-state index contributed by atoms with van der Waals surface area (Å²) in [6, 6.07) is 2.15. The molecule has 0 radical (unpaired) electrons. The molecule has 2 unspecified atom stereocenters. The van der Waals surface area contributed by atoms with Gasteiger partial charge in [0.15, 0.2) is 0 Å². The molecule has 1 aromatic rings. The summed E-state index contributed by atoms with van der Waals surface area (Å²) in [6.45, 7) is 2.06. The Morgan fingerprint density at radius 2 is 2.19 bits per heavy atom. The van der Waals surface area contributed by atoms with Crippen molar-refractivity contribution in [2.24, 2.45) is 0 Å². The van der Waals surface area contributed by atoms with Crippen molar-refractivity contribution in [1.29, 1.82) is 0 Å². The number of nitrogen functional groups attached to an aromatic ring is 1. The summed E-state index contributed by atoms with van der Waals surface area (Å²) in [5.74, 6) is 0.317. The zero-order valence-corrected chi connectivity index (χ0v) is 14.8. The topological polar surface area (TPSA) is 72.2 Å². The van der Waals surface area contributed by atoms with Crippen LogP contribution in [-0.2, 0) is 10.0 Å². The molecule has 0 aromatic heterocycles. The molecule has 0 heterocycles. The molecule has 3 N–H and O–H groups in total. The van der Waals surface area contributed by atoms with E-state index in [0.29, 0.717) is 5.25 Å². The van der Waals surface area contributed by atoms with Crippen LogP contribution >= 0.6 is 27.7 Å². The summed E-state index contributed by atoms with van der Waals surface area (Å²) in [5, 5.41) is 0.293. The largest absolute Gasteiger partial charge is 0.396 e. The lowest BCUT2D eigenvalue weighted by atomic mass is 10.3. The van der Waals surface area contributed by atoms with Crippen molar-refractivity contribution >= 4 is 43.4 Å². The number of hydrogen-bond acceptors (Lipinski definition) is 4. The minimum Gasteiger partial charge on any atom is -0.396 e. The van der Waals surface area contributed by atoms with Crippen LogP contribution in [0, 0.1) is 5.82 Å². The lowest BCUT2D eigenvalue weighted by Crippen LogP contribution is -2.38. The zero-order chi connectivity index (χ0) is 15.6. The fraction of sp³-hybridized carbons (Fsp3) is 0.538. The molecule has 0 spiro atoms. The highest BCUT2D eigenvalue weighted by atomic mass is 79.9. The van der Waals surface area contributed by atoms with Crippen LogP contribution in [0.3, 0.4) is 0 Å². The second-order valence-electron chi connectivity index (χ2n) is 4.96. The van der Waals surface area contributed by atoms with Gasteiger partial charge in [-0.25, -0.2) is 17.5 Å². The summed E-state index contributed by atoms with van der Waals surface area (Å²) in [7, 11) is -3.72. The van der Waals surface area contributed by atoms with Gasteiger partial charge in [0.2, 0.25) is 10.0 Å². The highest BCUT2D eigenvalue weighted by Gasteiger charge is 2.32. The number of nitrogens with two attached hydrogens (primary N) is 1. The van der Waals surface area contributed by atoms with E-state index < -0.39 is 15.8 Å². The van der Waals surface area contributed by atoms with E-state index in [0.717, 1.165) is 37.1 Å². The molecule has 1 fully saturated rings. The van der Waals surface area contributed by atoms with Crippen LogP contribution in [0.1, 0.15) is 26.2 Å². The first-order chi connectivity index (χ1) is 9.85. The first-order valence-corrected chi connectivity index (χ1v) is 10.1.